The lowest BCUT2D eigenvalue weighted by Gasteiger charge is -2.06. The van der Waals surface area contributed by atoms with Gasteiger partial charge in [0, 0.05) is 28.0 Å². The number of aliphatic hydroxyl groups is 1. The van der Waals surface area contributed by atoms with Gasteiger partial charge in [0.2, 0.25) is 0 Å². The lowest BCUT2D eigenvalue weighted by molar-refractivity contribution is 0.0956. The van der Waals surface area contributed by atoms with Gasteiger partial charge in [-0.1, -0.05) is 11.6 Å². The molecule has 2 N–H and O–H groups in total. The number of aliphatic hydroxyl groups excluding tert-OH is 1. The summed E-state index contributed by atoms with van der Waals surface area (Å²) in [6, 6.07) is 5.27. The minimum absolute atomic E-state index is 0.101. The zero-order valence-corrected chi connectivity index (χ0v) is 13.5. The summed E-state index contributed by atoms with van der Waals surface area (Å²) in [6.07, 6.45) is 0.797. The van der Waals surface area contributed by atoms with Gasteiger partial charge in [0.15, 0.2) is 0 Å². The van der Waals surface area contributed by atoms with Gasteiger partial charge in [-0.15, -0.1) is 0 Å². The number of hydrogen-bond acceptors (Lipinski definition) is 3. The molecule has 1 aromatic carbocycles. The maximum Gasteiger partial charge on any atom is 0.251 e. The zero-order chi connectivity index (χ0) is 13.4. The SMILES string of the molecule is O=C(NCCSCCCO)c1ccc(I)c(Cl)c1. The van der Waals surface area contributed by atoms with Gasteiger partial charge >= 0.3 is 0 Å². The molecule has 1 amide bonds. The Labute approximate surface area is 130 Å². The van der Waals surface area contributed by atoms with Gasteiger partial charge in [-0.25, -0.2) is 0 Å². The van der Waals surface area contributed by atoms with Crippen molar-refractivity contribution in [1.29, 1.82) is 0 Å². The van der Waals surface area contributed by atoms with Crippen molar-refractivity contribution in [3.8, 4) is 0 Å². The maximum absolute atomic E-state index is 11.8. The molecule has 3 nitrogen and oxygen atoms in total. The molecule has 6 heteroatoms. The molecule has 0 fully saturated rings. The molecule has 0 aromatic heterocycles. The predicted molar refractivity (Wildman–Crippen MR) is 85.5 cm³/mol. The van der Waals surface area contributed by atoms with E-state index in [2.05, 4.69) is 27.9 Å². The number of nitrogens with one attached hydrogen (secondary N) is 1. The first-order chi connectivity index (χ1) is 8.65. The molecule has 0 atom stereocenters. The summed E-state index contributed by atoms with van der Waals surface area (Å²) in [4.78, 5) is 11.8. The number of rotatable bonds is 7. The van der Waals surface area contributed by atoms with E-state index in [9.17, 15) is 4.79 Å². The number of carbonyl (C=O) groups excluding carboxylic acids is 1. The number of hydrogen-bond donors (Lipinski definition) is 2. The van der Waals surface area contributed by atoms with Crippen LogP contribution in [0.5, 0.6) is 0 Å². The van der Waals surface area contributed by atoms with Crippen molar-refractivity contribution in [2.75, 3.05) is 24.7 Å². The van der Waals surface area contributed by atoms with E-state index in [1.165, 1.54) is 0 Å². The van der Waals surface area contributed by atoms with Crippen LogP contribution in [0.1, 0.15) is 16.8 Å². The van der Waals surface area contributed by atoms with Crippen LogP contribution in [-0.4, -0.2) is 35.7 Å². The predicted octanol–water partition coefficient (Wildman–Crippen LogP) is 2.79. The molecular weight excluding hydrogens is 385 g/mol. The Morgan fingerprint density at radius 3 is 2.89 bits per heavy atom. The lowest BCUT2D eigenvalue weighted by atomic mass is 10.2. The van der Waals surface area contributed by atoms with Crippen molar-refractivity contribution in [2.45, 2.75) is 6.42 Å². The van der Waals surface area contributed by atoms with Gasteiger partial charge in [-0.3, -0.25) is 4.79 Å². The Kier molecular flexibility index (Phi) is 8.05. The van der Waals surface area contributed by atoms with Crippen LogP contribution in [-0.2, 0) is 0 Å². The van der Waals surface area contributed by atoms with Crippen molar-refractivity contribution in [2.24, 2.45) is 0 Å². The van der Waals surface area contributed by atoms with E-state index in [0.717, 1.165) is 21.5 Å². The number of carbonyl (C=O) groups is 1. The molecule has 0 spiro atoms. The first kappa shape index (κ1) is 16.1. The normalized spacial score (nSPS) is 10.4. The second-order valence-corrected chi connectivity index (χ2v) is 6.37. The van der Waals surface area contributed by atoms with Gasteiger partial charge < -0.3 is 10.4 Å². The Morgan fingerprint density at radius 2 is 2.22 bits per heavy atom. The average molecular weight is 400 g/mol. The molecule has 18 heavy (non-hydrogen) atoms. The molecule has 0 saturated carbocycles. The molecule has 0 aliphatic rings. The van der Waals surface area contributed by atoms with E-state index in [1.54, 1.807) is 23.9 Å². The van der Waals surface area contributed by atoms with Crippen LogP contribution < -0.4 is 5.32 Å². The molecule has 1 aromatic rings. The Bertz CT molecular complexity index is 404. The lowest BCUT2D eigenvalue weighted by Crippen LogP contribution is -2.25. The molecule has 0 saturated heterocycles. The van der Waals surface area contributed by atoms with Crippen LogP contribution in [0.4, 0.5) is 0 Å². The van der Waals surface area contributed by atoms with Crippen molar-refractivity contribution < 1.29 is 9.90 Å². The van der Waals surface area contributed by atoms with E-state index < -0.39 is 0 Å². The number of halogens is 2. The van der Waals surface area contributed by atoms with Gasteiger partial charge in [0.1, 0.15) is 0 Å². The first-order valence-electron chi connectivity index (χ1n) is 5.57. The van der Waals surface area contributed by atoms with Crippen LogP contribution >= 0.6 is 46.0 Å². The molecule has 0 unspecified atom stereocenters. The van der Waals surface area contributed by atoms with Crippen molar-refractivity contribution in [3.63, 3.8) is 0 Å². The van der Waals surface area contributed by atoms with E-state index in [1.807, 2.05) is 6.07 Å². The molecule has 0 bridgehead atoms. The molecular formula is C12H15ClINO2S. The highest BCUT2D eigenvalue weighted by atomic mass is 127. The third-order valence-corrected chi connectivity index (χ3v) is 4.80. The fraction of sp³-hybridized carbons (Fsp3) is 0.417. The molecule has 0 aliphatic carbocycles. The third-order valence-electron chi connectivity index (χ3n) is 2.16. The molecule has 0 heterocycles. The second kappa shape index (κ2) is 9.01. The second-order valence-electron chi connectivity index (χ2n) is 3.57. The van der Waals surface area contributed by atoms with Crippen LogP contribution in [0.25, 0.3) is 0 Å². The molecule has 1 rings (SSSR count). The summed E-state index contributed by atoms with van der Waals surface area (Å²) in [5.41, 5.74) is 0.584. The Balaban J connectivity index is 2.30. The highest BCUT2D eigenvalue weighted by molar-refractivity contribution is 14.1. The summed E-state index contributed by atoms with van der Waals surface area (Å²) in [5.74, 6) is 1.67. The first-order valence-corrected chi connectivity index (χ1v) is 8.18. The smallest absolute Gasteiger partial charge is 0.251 e. The maximum atomic E-state index is 11.8. The topological polar surface area (TPSA) is 49.3 Å². The Morgan fingerprint density at radius 1 is 1.44 bits per heavy atom. The standard InChI is InChI=1S/C12H15ClINO2S/c13-10-8-9(2-3-11(10)14)12(17)15-4-7-18-6-1-5-16/h2-3,8,16H,1,4-7H2,(H,15,17). The quantitative estimate of drug-likeness (QED) is 0.547. The monoisotopic (exact) mass is 399 g/mol. The largest absolute Gasteiger partial charge is 0.396 e. The van der Waals surface area contributed by atoms with Gasteiger partial charge in [0.05, 0.1) is 5.02 Å². The average Bonchev–Trinajstić information content (AvgIpc) is 2.36. The summed E-state index contributed by atoms with van der Waals surface area (Å²) >= 11 is 9.80. The zero-order valence-electron chi connectivity index (χ0n) is 9.79. The fourth-order valence-electron chi connectivity index (χ4n) is 1.24. The van der Waals surface area contributed by atoms with E-state index in [0.29, 0.717) is 17.1 Å². The highest BCUT2D eigenvalue weighted by Crippen LogP contribution is 2.19. The number of amides is 1. The molecule has 100 valence electrons. The van der Waals surface area contributed by atoms with Gasteiger partial charge in [-0.2, -0.15) is 11.8 Å². The summed E-state index contributed by atoms with van der Waals surface area (Å²) in [6.45, 7) is 0.846. The van der Waals surface area contributed by atoms with Crippen molar-refractivity contribution in [3.05, 3.63) is 32.4 Å². The summed E-state index contributed by atoms with van der Waals surface area (Å²) < 4.78 is 0.936. The van der Waals surface area contributed by atoms with Gasteiger partial charge in [-0.05, 0) is 53.0 Å². The molecule has 0 radical (unpaired) electrons. The number of thioether (sulfide) groups is 1. The van der Waals surface area contributed by atoms with Gasteiger partial charge in [0.25, 0.3) is 5.91 Å². The van der Waals surface area contributed by atoms with Crippen molar-refractivity contribution >= 4 is 51.9 Å². The van der Waals surface area contributed by atoms with Crippen LogP contribution in [0.3, 0.4) is 0 Å². The van der Waals surface area contributed by atoms with Crippen LogP contribution in [0.2, 0.25) is 5.02 Å². The van der Waals surface area contributed by atoms with E-state index >= 15 is 0 Å². The molecule has 0 aliphatic heterocycles. The van der Waals surface area contributed by atoms with E-state index in [-0.39, 0.29) is 12.5 Å². The number of benzene rings is 1. The van der Waals surface area contributed by atoms with Crippen LogP contribution in [0.15, 0.2) is 18.2 Å². The minimum atomic E-state index is -0.101. The fourth-order valence-corrected chi connectivity index (χ4v) is 2.54. The third kappa shape index (κ3) is 5.77. The summed E-state index contributed by atoms with van der Waals surface area (Å²) in [7, 11) is 0. The minimum Gasteiger partial charge on any atom is -0.396 e. The Hall–Kier alpha value is 0.0200. The van der Waals surface area contributed by atoms with Crippen molar-refractivity contribution in [1.82, 2.24) is 5.32 Å². The van der Waals surface area contributed by atoms with Crippen LogP contribution in [0, 0.1) is 3.57 Å². The summed E-state index contributed by atoms with van der Waals surface area (Å²) in [5, 5.41) is 12.0. The van der Waals surface area contributed by atoms with E-state index in [4.69, 9.17) is 16.7 Å². The highest BCUT2D eigenvalue weighted by Gasteiger charge is 2.06.